The van der Waals surface area contributed by atoms with Gasteiger partial charge in [-0.2, -0.15) is 0 Å². The van der Waals surface area contributed by atoms with Crippen LogP contribution in [0.15, 0.2) is 12.1 Å². The van der Waals surface area contributed by atoms with Gasteiger partial charge in [-0.05, 0) is 31.4 Å². The predicted molar refractivity (Wildman–Crippen MR) is 80.6 cm³/mol. The van der Waals surface area contributed by atoms with Crippen LogP contribution in [0.2, 0.25) is 5.15 Å². The highest BCUT2D eigenvalue weighted by atomic mass is 35.5. The van der Waals surface area contributed by atoms with E-state index in [4.69, 9.17) is 16.3 Å². The number of aliphatic hydroxyl groups excluding tert-OH is 1. The lowest BCUT2D eigenvalue weighted by atomic mass is 9.90. The normalized spacial score (nSPS) is 17.5. The Kier molecular flexibility index (Phi) is 5.56. The second-order valence-electron chi connectivity index (χ2n) is 5.42. The molecule has 0 atom stereocenters. The summed E-state index contributed by atoms with van der Waals surface area (Å²) in [5.74, 6) is -0.229. The molecule has 0 unspecified atom stereocenters. The SMILES string of the molecule is CCCc1cc(C(=O)NC2(CO)CCOCC2)cc(Cl)n1. The molecular weight excluding hydrogens is 292 g/mol. The molecule has 5 nitrogen and oxygen atoms in total. The fourth-order valence-corrected chi connectivity index (χ4v) is 2.69. The van der Waals surface area contributed by atoms with E-state index in [1.165, 1.54) is 0 Å². The number of nitrogens with zero attached hydrogens (tertiary/aromatic N) is 1. The summed E-state index contributed by atoms with van der Waals surface area (Å²) < 4.78 is 5.29. The Morgan fingerprint density at radius 1 is 1.48 bits per heavy atom. The van der Waals surface area contributed by atoms with Crippen LogP contribution in [0.5, 0.6) is 0 Å². The van der Waals surface area contributed by atoms with Gasteiger partial charge in [0.15, 0.2) is 0 Å². The van der Waals surface area contributed by atoms with E-state index in [-0.39, 0.29) is 12.5 Å². The number of halogens is 1. The number of nitrogens with one attached hydrogen (secondary N) is 1. The smallest absolute Gasteiger partial charge is 0.251 e. The molecular formula is C15H21ClN2O3. The summed E-state index contributed by atoms with van der Waals surface area (Å²) in [5, 5.41) is 12.9. The summed E-state index contributed by atoms with van der Waals surface area (Å²) >= 11 is 5.98. The zero-order chi connectivity index (χ0) is 15.3. The minimum atomic E-state index is -0.601. The van der Waals surface area contributed by atoms with Gasteiger partial charge in [0.1, 0.15) is 5.15 Å². The Labute approximate surface area is 129 Å². The van der Waals surface area contributed by atoms with E-state index in [0.29, 0.717) is 36.8 Å². The number of ether oxygens (including phenoxy) is 1. The molecule has 1 aromatic heterocycles. The van der Waals surface area contributed by atoms with E-state index in [2.05, 4.69) is 10.3 Å². The number of hydrogen-bond acceptors (Lipinski definition) is 4. The molecule has 116 valence electrons. The van der Waals surface area contributed by atoms with E-state index < -0.39 is 5.54 Å². The molecule has 2 N–H and O–H groups in total. The van der Waals surface area contributed by atoms with Crippen molar-refractivity contribution in [3.8, 4) is 0 Å². The summed E-state index contributed by atoms with van der Waals surface area (Å²) in [4.78, 5) is 16.6. The van der Waals surface area contributed by atoms with Gasteiger partial charge in [0.25, 0.3) is 5.91 Å². The zero-order valence-electron chi connectivity index (χ0n) is 12.2. The lowest BCUT2D eigenvalue weighted by molar-refractivity contribution is 0.0125. The van der Waals surface area contributed by atoms with Crippen LogP contribution >= 0.6 is 11.6 Å². The number of carbonyl (C=O) groups is 1. The maximum absolute atomic E-state index is 12.4. The van der Waals surface area contributed by atoms with Crippen molar-refractivity contribution in [2.45, 2.75) is 38.1 Å². The number of amides is 1. The van der Waals surface area contributed by atoms with E-state index in [1.807, 2.05) is 6.92 Å². The third-order valence-corrected chi connectivity index (χ3v) is 3.94. The third-order valence-electron chi connectivity index (χ3n) is 3.75. The highest BCUT2D eigenvalue weighted by Gasteiger charge is 2.33. The maximum Gasteiger partial charge on any atom is 0.251 e. The Morgan fingerprint density at radius 2 is 2.19 bits per heavy atom. The predicted octanol–water partition coefficient (Wildman–Crippen LogP) is 1.96. The highest BCUT2D eigenvalue weighted by molar-refractivity contribution is 6.29. The summed E-state index contributed by atoms with van der Waals surface area (Å²) in [6.07, 6.45) is 2.93. The molecule has 0 aromatic carbocycles. The first kappa shape index (κ1) is 16.2. The topological polar surface area (TPSA) is 71.5 Å². The number of pyridine rings is 1. The van der Waals surface area contributed by atoms with Crippen LogP contribution in [0.4, 0.5) is 0 Å². The summed E-state index contributed by atoms with van der Waals surface area (Å²) in [5.41, 5.74) is 0.689. The molecule has 0 radical (unpaired) electrons. The van der Waals surface area contributed by atoms with Gasteiger partial charge in [-0.15, -0.1) is 0 Å². The van der Waals surface area contributed by atoms with Crippen molar-refractivity contribution in [2.24, 2.45) is 0 Å². The van der Waals surface area contributed by atoms with Crippen molar-refractivity contribution in [2.75, 3.05) is 19.8 Å². The zero-order valence-corrected chi connectivity index (χ0v) is 12.9. The number of aryl methyl sites for hydroxylation is 1. The van der Waals surface area contributed by atoms with Crippen LogP contribution in [0, 0.1) is 0 Å². The van der Waals surface area contributed by atoms with Crippen LogP contribution in [0.1, 0.15) is 42.2 Å². The van der Waals surface area contributed by atoms with Crippen molar-refractivity contribution in [1.82, 2.24) is 10.3 Å². The van der Waals surface area contributed by atoms with Crippen LogP contribution in [0.3, 0.4) is 0 Å². The van der Waals surface area contributed by atoms with E-state index >= 15 is 0 Å². The minimum Gasteiger partial charge on any atom is -0.394 e. The lowest BCUT2D eigenvalue weighted by Crippen LogP contribution is -2.54. The minimum absolute atomic E-state index is 0.0945. The summed E-state index contributed by atoms with van der Waals surface area (Å²) in [6, 6.07) is 3.32. The molecule has 1 aromatic rings. The van der Waals surface area contributed by atoms with Crippen molar-refractivity contribution < 1.29 is 14.6 Å². The first-order chi connectivity index (χ1) is 10.1. The van der Waals surface area contributed by atoms with Gasteiger partial charge in [0.2, 0.25) is 0 Å². The van der Waals surface area contributed by atoms with Gasteiger partial charge in [0, 0.05) is 24.5 Å². The Bertz CT molecular complexity index is 502. The molecule has 1 amide bonds. The molecule has 0 spiro atoms. The first-order valence-electron chi connectivity index (χ1n) is 7.26. The van der Waals surface area contributed by atoms with Gasteiger partial charge in [-0.3, -0.25) is 4.79 Å². The monoisotopic (exact) mass is 312 g/mol. The molecule has 6 heteroatoms. The average molecular weight is 313 g/mol. The largest absolute Gasteiger partial charge is 0.394 e. The molecule has 2 heterocycles. The van der Waals surface area contributed by atoms with Crippen molar-refractivity contribution in [1.29, 1.82) is 0 Å². The number of hydrogen-bond donors (Lipinski definition) is 2. The van der Waals surface area contributed by atoms with E-state index in [9.17, 15) is 9.90 Å². The molecule has 0 saturated carbocycles. The van der Waals surface area contributed by atoms with Crippen molar-refractivity contribution in [3.63, 3.8) is 0 Å². The van der Waals surface area contributed by atoms with Crippen molar-refractivity contribution >= 4 is 17.5 Å². The third kappa shape index (κ3) is 4.15. The van der Waals surface area contributed by atoms with Gasteiger partial charge in [-0.1, -0.05) is 24.9 Å². The Hall–Kier alpha value is -1.17. The average Bonchev–Trinajstić information content (AvgIpc) is 2.48. The quantitative estimate of drug-likeness (QED) is 0.815. The standard InChI is InChI=1S/C15H21ClN2O3/c1-2-3-12-8-11(9-13(16)17-12)14(20)18-15(10-19)4-6-21-7-5-15/h8-9,19H,2-7,10H2,1H3,(H,18,20). The molecule has 1 aliphatic rings. The number of aromatic nitrogens is 1. The Morgan fingerprint density at radius 3 is 2.81 bits per heavy atom. The first-order valence-corrected chi connectivity index (χ1v) is 7.64. The maximum atomic E-state index is 12.4. The summed E-state index contributed by atoms with van der Waals surface area (Å²) in [7, 11) is 0. The van der Waals surface area contributed by atoms with Crippen molar-refractivity contribution in [3.05, 3.63) is 28.5 Å². The van der Waals surface area contributed by atoms with Crippen LogP contribution in [0.25, 0.3) is 0 Å². The van der Waals surface area contributed by atoms with Crippen LogP contribution < -0.4 is 5.32 Å². The molecule has 1 saturated heterocycles. The molecule has 1 aliphatic heterocycles. The van der Waals surface area contributed by atoms with Crippen LogP contribution in [-0.2, 0) is 11.2 Å². The van der Waals surface area contributed by atoms with Gasteiger partial charge < -0.3 is 15.2 Å². The fourth-order valence-electron chi connectivity index (χ4n) is 2.46. The van der Waals surface area contributed by atoms with Gasteiger partial charge in [-0.25, -0.2) is 4.98 Å². The second-order valence-corrected chi connectivity index (χ2v) is 5.81. The number of rotatable bonds is 5. The molecule has 2 rings (SSSR count). The molecule has 0 aliphatic carbocycles. The molecule has 21 heavy (non-hydrogen) atoms. The fraction of sp³-hybridized carbons (Fsp3) is 0.600. The van der Waals surface area contributed by atoms with Gasteiger partial charge in [0.05, 0.1) is 12.1 Å². The molecule has 1 fully saturated rings. The second kappa shape index (κ2) is 7.20. The number of aliphatic hydroxyl groups is 1. The lowest BCUT2D eigenvalue weighted by Gasteiger charge is -2.36. The summed E-state index contributed by atoms with van der Waals surface area (Å²) in [6.45, 7) is 3.03. The Balaban J connectivity index is 2.15. The molecule has 0 bridgehead atoms. The number of carbonyl (C=O) groups excluding carboxylic acids is 1. The van der Waals surface area contributed by atoms with E-state index in [1.54, 1.807) is 12.1 Å². The van der Waals surface area contributed by atoms with E-state index in [0.717, 1.165) is 18.5 Å². The van der Waals surface area contributed by atoms with Crippen LogP contribution in [-0.4, -0.2) is 41.4 Å². The highest BCUT2D eigenvalue weighted by Crippen LogP contribution is 2.21. The van der Waals surface area contributed by atoms with Gasteiger partial charge >= 0.3 is 0 Å².